The van der Waals surface area contributed by atoms with Gasteiger partial charge in [0.25, 0.3) is 0 Å². The largest absolute Gasteiger partial charge is 0.352 e. The SMILES string of the molecule is CCC(C)C(=O)NCc1ccc(C)c(F)c1. The van der Waals surface area contributed by atoms with Crippen molar-refractivity contribution in [2.45, 2.75) is 33.7 Å². The molecule has 1 aromatic rings. The third-order valence-corrected chi connectivity index (χ3v) is 2.76. The standard InChI is InChI=1S/C13H18FNO/c1-4-9(2)13(16)15-8-11-6-5-10(3)12(14)7-11/h5-7,9H,4,8H2,1-3H3,(H,15,16). The molecule has 0 radical (unpaired) electrons. The van der Waals surface area contributed by atoms with Crippen molar-refractivity contribution in [1.82, 2.24) is 5.32 Å². The molecule has 1 atom stereocenters. The quantitative estimate of drug-likeness (QED) is 0.835. The number of hydrogen-bond acceptors (Lipinski definition) is 1. The molecule has 2 nitrogen and oxygen atoms in total. The minimum atomic E-state index is -0.227. The maximum atomic E-state index is 13.2. The van der Waals surface area contributed by atoms with Crippen LogP contribution in [0.5, 0.6) is 0 Å². The summed E-state index contributed by atoms with van der Waals surface area (Å²) in [5.74, 6) is -0.200. The molecule has 0 saturated carbocycles. The van der Waals surface area contributed by atoms with E-state index in [1.165, 1.54) is 6.07 Å². The van der Waals surface area contributed by atoms with E-state index in [1.807, 2.05) is 19.9 Å². The molecule has 0 aliphatic carbocycles. The Bertz CT molecular complexity index is 376. The second-order valence-electron chi connectivity index (χ2n) is 4.11. The van der Waals surface area contributed by atoms with E-state index in [2.05, 4.69) is 5.32 Å². The Balaban J connectivity index is 2.55. The normalized spacial score (nSPS) is 12.2. The number of nitrogens with one attached hydrogen (secondary N) is 1. The Labute approximate surface area is 95.9 Å². The molecular weight excluding hydrogens is 205 g/mol. The fraction of sp³-hybridized carbons (Fsp3) is 0.462. The van der Waals surface area contributed by atoms with Crippen LogP contribution in [0.15, 0.2) is 18.2 Å². The molecule has 1 rings (SSSR count). The Kier molecular flexibility index (Phi) is 4.47. The van der Waals surface area contributed by atoms with Crippen LogP contribution in [0, 0.1) is 18.7 Å². The predicted octanol–water partition coefficient (Wildman–Crippen LogP) is 2.80. The third-order valence-electron chi connectivity index (χ3n) is 2.76. The van der Waals surface area contributed by atoms with Crippen LogP contribution in [0.25, 0.3) is 0 Å². The summed E-state index contributed by atoms with van der Waals surface area (Å²) in [4.78, 5) is 11.5. The molecule has 0 spiro atoms. The average Bonchev–Trinajstić information content (AvgIpc) is 2.29. The first-order valence-corrected chi connectivity index (χ1v) is 5.57. The second kappa shape index (κ2) is 5.64. The van der Waals surface area contributed by atoms with Gasteiger partial charge in [-0.05, 0) is 30.5 Å². The first kappa shape index (κ1) is 12.7. The van der Waals surface area contributed by atoms with E-state index in [1.54, 1.807) is 13.0 Å². The smallest absolute Gasteiger partial charge is 0.223 e. The van der Waals surface area contributed by atoms with Crippen molar-refractivity contribution in [3.05, 3.63) is 35.1 Å². The van der Waals surface area contributed by atoms with Gasteiger partial charge in [-0.2, -0.15) is 0 Å². The van der Waals surface area contributed by atoms with Crippen molar-refractivity contribution in [2.75, 3.05) is 0 Å². The number of carbonyl (C=O) groups is 1. The van der Waals surface area contributed by atoms with Crippen LogP contribution in [0.4, 0.5) is 4.39 Å². The Hall–Kier alpha value is -1.38. The van der Waals surface area contributed by atoms with Gasteiger partial charge in [0.15, 0.2) is 0 Å². The first-order valence-electron chi connectivity index (χ1n) is 5.57. The number of benzene rings is 1. The fourth-order valence-electron chi connectivity index (χ4n) is 1.30. The van der Waals surface area contributed by atoms with E-state index in [4.69, 9.17) is 0 Å². The molecule has 1 aromatic carbocycles. The lowest BCUT2D eigenvalue weighted by Crippen LogP contribution is -2.28. The van der Waals surface area contributed by atoms with Gasteiger partial charge in [0.05, 0.1) is 0 Å². The number of aryl methyl sites for hydroxylation is 1. The molecule has 0 fully saturated rings. The lowest BCUT2D eigenvalue weighted by molar-refractivity contribution is -0.124. The highest BCUT2D eigenvalue weighted by molar-refractivity contribution is 5.78. The summed E-state index contributed by atoms with van der Waals surface area (Å²) < 4.78 is 13.2. The van der Waals surface area contributed by atoms with Gasteiger partial charge in [0.1, 0.15) is 5.82 Å². The zero-order valence-electron chi connectivity index (χ0n) is 10.0. The van der Waals surface area contributed by atoms with Crippen molar-refractivity contribution in [3.63, 3.8) is 0 Å². The Morgan fingerprint density at radius 1 is 1.50 bits per heavy atom. The summed E-state index contributed by atoms with van der Waals surface area (Å²) in [5, 5.41) is 2.79. The highest BCUT2D eigenvalue weighted by Gasteiger charge is 2.09. The Morgan fingerprint density at radius 2 is 2.19 bits per heavy atom. The van der Waals surface area contributed by atoms with E-state index >= 15 is 0 Å². The molecule has 88 valence electrons. The molecule has 1 amide bonds. The zero-order chi connectivity index (χ0) is 12.1. The van der Waals surface area contributed by atoms with E-state index < -0.39 is 0 Å². The van der Waals surface area contributed by atoms with E-state index in [-0.39, 0.29) is 17.6 Å². The second-order valence-corrected chi connectivity index (χ2v) is 4.11. The van der Waals surface area contributed by atoms with Gasteiger partial charge >= 0.3 is 0 Å². The van der Waals surface area contributed by atoms with E-state index in [9.17, 15) is 9.18 Å². The Morgan fingerprint density at radius 3 is 2.75 bits per heavy atom. The van der Waals surface area contributed by atoms with Crippen molar-refractivity contribution >= 4 is 5.91 Å². The summed E-state index contributed by atoms with van der Waals surface area (Å²) in [5.41, 5.74) is 1.41. The maximum absolute atomic E-state index is 13.2. The monoisotopic (exact) mass is 223 g/mol. The lowest BCUT2D eigenvalue weighted by Gasteiger charge is -2.10. The van der Waals surface area contributed by atoms with Crippen molar-refractivity contribution in [2.24, 2.45) is 5.92 Å². The third kappa shape index (κ3) is 3.33. The minimum Gasteiger partial charge on any atom is -0.352 e. The number of rotatable bonds is 4. The molecule has 16 heavy (non-hydrogen) atoms. The molecule has 0 saturated heterocycles. The summed E-state index contributed by atoms with van der Waals surface area (Å²) in [6.07, 6.45) is 0.814. The molecular formula is C13H18FNO. The predicted molar refractivity (Wildman–Crippen MR) is 62.4 cm³/mol. The van der Waals surface area contributed by atoms with Crippen LogP contribution in [-0.2, 0) is 11.3 Å². The minimum absolute atomic E-state index is 0.00953. The maximum Gasteiger partial charge on any atom is 0.223 e. The molecule has 1 unspecified atom stereocenters. The van der Waals surface area contributed by atoms with Gasteiger partial charge in [-0.3, -0.25) is 4.79 Å². The molecule has 3 heteroatoms. The van der Waals surface area contributed by atoms with Gasteiger partial charge in [0, 0.05) is 12.5 Å². The van der Waals surface area contributed by atoms with Gasteiger partial charge in [0.2, 0.25) is 5.91 Å². The molecule has 0 aliphatic heterocycles. The highest BCUT2D eigenvalue weighted by Crippen LogP contribution is 2.09. The topological polar surface area (TPSA) is 29.1 Å². The summed E-state index contributed by atoms with van der Waals surface area (Å²) in [6.45, 7) is 5.96. The molecule has 0 bridgehead atoms. The average molecular weight is 223 g/mol. The lowest BCUT2D eigenvalue weighted by atomic mass is 10.1. The van der Waals surface area contributed by atoms with Gasteiger partial charge in [-0.15, -0.1) is 0 Å². The summed E-state index contributed by atoms with van der Waals surface area (Å²) in [7, 11) is 0. The van der Waals surface area contributed by atoms with Gasteiger partial charge in [-0.1, -0.05) is 26.0 Å². The molecule has 1 N–H and O–H groups in total. The summed E-state index contributed by atoms with van der Waals surface area (Å²) in [6, 6.07) is 5.02. The number of carbonyl (C=O) groups excluding carboxylic acids is 1. The van der Waals surface area contributed by atoms with Crippen LogP contribution in [0.1, 0.15) is 31.4 Å². The zero-order valence-corrected chi connectivity index (χ0v) is 10.0. The molecule has 0 heterocycles. The number of halogens is 1. The van der Waals surface area contributed by atoms with Gasteiger partial charge in [-0.25, -0.2) is 4.39 Å². The number of hydrogen-bond donors (Lipinski definition) is 1. The summed E-state index contributed by atoms with van der Waals surface area (Å²) >= 11 is 0. The van der Waals surface area contributed by atoms with Crippen LogP contribution in [0.3, 0.4) is 0 Å². The van der Waals surface area contributed by atoms with E-state index in [0.29, 0.717) is 12.1 Å². The van der Waals surface area contributed by atoms with Gasteiger partial charge < -0.3 is 5.32 Å². The van der Waals surface area contributed by atoms with Crippen LogP contribution in [-0.4, -0.2) is 5.91 Å². The molecule has 0 aliphatic rings. The van der Waals surface area contributed by atoms with Crippen LogP contribution >= 0.6 is 0 Å². The van der Waals surface area contributed by atoms with Crippen molar-refractivity contribution < 1.29 is 9.18 Å². The molecule has 0 aromatic heterocycles. The van der Waals surface area contributed by atoms with E-state index in [0.717, 1.165) is 12.0 Å². The van der Waals surface area contributed by atoms with Crippen molar-refractivity contribution in [1.29, 1.82) is 0 Å². The van der Waals surface area contributed by atoms with Crippen molar-refractivity contribution in [3.8, 4) is 0 Å². The first-order chi connectivity index (χ1) is 7.54. The number of amides is 1. The highest BCUT2D eigenvalue weighted by atomic mass is 19.1. The van der Waals surface area contributed by atoms with Crippen LogP contribution < -0.4 is 5.32 Å². The fourth-order valence-corrected chi connectivity index (χ4v) is 1.30. The van der Waals surface area contributed by atoms with Crippen LogP contribution in [0.2, 0.25) is 0 Å².